The number of aromatic nitrogens is 1. The molecular formula is C23H24FN3O6S. The van der Waals surface area contributed by atoms with Crippen LogP contribution in [-0.4, -0.2) is 50.1 Å². The Labute approximate surface area is 196 Å². The molecule has 0 bridgehead atoms. The van der Waals surface area contributed by atoms with Crippen LogP contribution in [0, 0.1) is 19.7 Å². The number of anilines is 1. The van der Waals surface area contributed by atoms with Crippen LogP contribution in [0.3, 0.4) is 0 Å². The maximum atomic E-state index is 14.4. The van der Waals surface area contributed by atoms with E-state index in [0.717, 1.165) is 23.4 Å². The van der Waals surface area contributed by atoms with Gasteiger partial charge < -0.3 is 19.3 Å². The second-order valence-corrected chi connectivity index (χ2v) is 9.64. The monoisotopic (exact) mass is 489 g/mol. The van der Waals surface area contributed by atoms with Gasteiger partial charge in [-0.3, -0.25) is 4.79 Å². The topological polar surface area (TPSA) is 111 Å². The second-order valence-electron chi connectivity index (χ2n) is 7.74. The van der Waals surface area contributed by atoms with Gasteiger partial charge in [0, 0.05) is 24.3 Å². The summed E-state index contributed by atoms with van der Waals surface area (Å²) in [6.45, 7) is 4.59. The Morgan fingerprint density at radius 1 is 1.18 bits per heavy atom. The molecule has 0 saturated carbocycles. The molecule has 1 N–H and O–H groups in total. The summed E-state index contributed by atoms with van der Waals surface area (Å²) in [4.78, 5) is 12.3. The van der Waals surface area contributed by atoms with E-state index in [1.807, 2.05) is 6.92 Å². The molecule has 4 rings (SSSR count). The normalized spacial score (nSPS) is 14.7. The molecule has 1 aromatic heterocycles. The number of hydrogen-bond acceptors (Lipinski definition) is 7. The van der Waals surface area contributed by atoms with E-state index in [4.69, 9.17) is 14.0 Å². The van der Waals surface area contributed by atoms with Gasteiger partial charge in [0.2, 0.25) is 10.0 Å². The number of nitrogens with zero attached hydrogens (tertiary/aromatic N) is 2. The number of carbonyl (C=O) groups excluding carboxylic acids is 1. The summed E-state index contributed by atoms with van der Waals surface area (Å²) in [5.41, 5.74) is 2.00. The second kappa shape index (κ2) is 9.92. The smallest absolute Gasteiger partial charge is 0.255 e. The van der Waals surface area contributed by atoms with Crippen molar-refractivity contribution in [3.8, 4) is 5.75 Å². The van der Waals surface area contributed by atoms with Crippen molar-refractivity contribution in [3.05, 3.63) is 70.9 Å². The number of rotatable bonds is 7. The van der Waals surface area contributed by atoms with Gasteiger partial charge in [0.05, 0.1) is 24.5 Å². The molecule has 1 amide bonds. The van der Waals surface area contributed by atoms with Crippen LogP contribution < -0.4 is 10.1 Å². The van der Waals surface area contributed by atoms with Gasteiger partial charge in [-0.2, -0.15) is 4.31 Å². The van der Waals surface area contributed by atoms with Crippen molar-refractivity contribution in [2.24, 2.45) is 0 Å². The van der Waals surface area contributed by atoms with Gasteiger partial charge in [0.15, 0.2) is 0 Å². The number of ether oxygens (including phenoxy) is 2. The standard InChI is InChI=1S/C23H24FN3O6S/c1-15-20(16(2)33-26-15)14-32-19-5-3-4-17(12-19)23(28)25-18-6-7-21(24)22(13-18)34(29,30)27-8-10-31-11-9-27/h3-7,12-13H,8-11,14H2,1-2H3,(H,25,28). The van der Waals surface area contributed by atoms with Crippen molar-refractivity contribution in [3.63, 3.8) is 0 Å². The van der Waals surface area contributed by atoms with Gasteiger partial charge in [-0.1, -0.05) is 11.2 Å². The van der Waals surface area contributed by atoms with Crippen LogP contribution in [0.15, 0.2) is 51.9 Å². The van der Waals surface area contributed by atoms with Crippen LogP contribution in [0.25, 0.3) is 0 Å². The molecular weight excluding hydrogens is 465 g/mol. The first-order valence-corrected chi connectivity index (χ1v) is 12.0. The Kier molecular flexibility index (Phi) is 6.96. The third-order valence-corrected chi connectivity index (χ3v) is 7.35. The maximum absolute atomic E-state index is 14.4. The molecule has 0 spiro atoms. The predicted molar refractivity (Wildman–Crippen MR) is 121 cm³/mol. The first-order valence-electron chi connectivity index (χ1n) is 10.6. The summed E-state index contributed by atoms with van der Waals surface area (Å²) in [6, 6.07) is 9.97. The van der Waals surface area contributed by atoms with Crippen LogP contribution in [0.4, 0.5) is 10.1 Å². The summed E-state index contributed by atoms with van der Waals surface area (Å²) in [6.07, 6.45) is 0. The zero-order valence-corrected chi connectivity index (χ0v) is 19.5. The number of amides is 1. The van der Waals surface area contributed by atoms with Gasteiger partial charge in [-0.05, 0) is 50.2 Å². The third-order valence-electron chi connectivity index (χ3n) is 5.44. The predicted octanol–water partition coefficient (Wildman–Crippen LogP) is 3.28. The van der Waals surface area contributed by atoms with Gasteiger partial charge in [-0.15, -0.1) is 0 Å². The number of benzene rings is 2. The first kappa shape index (κ1) is 23.9. The first-order chi connectivity index (χ1) is 16.3. The number of carbonyl (C=O) groups is 1. The van der Waals surface area contributed by atoms with E-state index in [2.05, 4.69) is 10.5 Å². The van der Waals surface area contributed by atoms with Crippen molar-refractivity contribution < 1.29 is 31.6 Å². The van der Waals surface area contributed by atoms with E-state index in [9.17, 15) is 17.6 Å². The highest BCUT2D eigenvalue weighted by molar-refractivity contribution is 7.89. The van der Waals surface area contributed by atoms with E-state index >= 15 is 0 Å². The van der Waals surface area contributed by atoms with E-state index in [0.29, 0.717) is 11.5 Å². The van der Waals surface area contributed by atoms with Crippen molar-refractivity contribution in [1.82, 2.24) is 9.46 Å². The molecule has 0 radical (unpaired) electrons. The van der Waals surface area contributed by atoms with Crippen molar-refractivity contribution >= 4 is 21.6 Å². The van der Waals surface area contributed by atoms with Crippen molar-refractivity contribution in [2.75, 3.05) is 31.6 Å². The average molecular weight is 490 g/mol. The largest absolute Gasteiger partial charge is 0.489 e. The van der Waals surface area contributed by atoms with Crippen LogP contribution >= 0.6 is 0 Å². The zero-order chi connectivity index (χ0) is 24.3. The SMILES string of the molecule is Cc1noc(C)c1COc1cccc(C(=O)Nc2ccc(F)c(S(=O)(=O)N3CCOCC3)c2)c1. The number of halogens is 1. The molecule has 1 aliphatic rings. The van der Waals surface area contributed by atoms with Gasteiger partial charge in [-0.25, -0.2) is 12.8 Å². The van der Waals surface area contributed by atoms with Crippen LogP contribution in [-0.2, 0) is 21.4 Å². The molecule has 2 aromatic carbocycles. The third kappa shape index (κ3) is 5.11. The Balaban J connectivity index is 1.49. The molecule has 180 valence electrons. The summed E-state index contributed by atoms with van der Waals surface area (Å²) < 4.78 is 57.4. The van der Waals surface area contributed by atoms with Gasteiger partial charge in [0.1, 0.15) is 28.8 Å². The van der Waals surface area contributed by atoms with Crippen LogP contribution in [0.1, 0.15) is 27.4 Å². The van der Waals surface area contributed by atoms with Crippen LogP contribution in [0.5, 0.6) is 5.75 Å². The van der Waals surface area contributed by atoms with E-state index < -0.39 is 26.6 Å². The fraction of sp³-hybridized carbons (Fsp3) is 0.304. The van der Waals surface area contributed by atoms with Crippen molar-refractivity contribution in [1.29, 1.82) is 0 Å². The Morgan fingerprint density at radius 3 is 2.65 bits per heavy atom. The molecule has 1 fully saturated rings. The molecule has 3 aromatic rings. The Bertz CT molecular complexity index is 1280. The minimum Gasteiger partial charge on any atom is -0.489 e. The van der Waals surface area contributed by atoms with Gasteiger partial charge in [0.25, 0.3) is 5.91 Å². The number of morpholine rings is 1. The van der Waals surface area contributed by atoms with E-state index in [-0.39, 0.29) is 44.2 Å². The molecule has 0 unspecified atom stereocenters. The minimum absolute atomic E-state index is 0.138. The lowest BCUT2D eigenvalue weighted by Gasteiger charge is -2.26. The molecule has 1 aliphatic heterocycles. The fourth-order valence-corrected chi connectivity index (χ4v) is 5.00. The molecule has 2 heterocycles. The molecule has 34 heavy (non-hydrogen) atoms. The summed E-state index contributed by atoms with van der Waals surface area (Å²) in [5, 5.41) is 6.51. The number of sulfonamides is 1. The highest BCUT2D eigenvalue weighted by Gasteiger charge is 2.29. The lowest BCUT2D eigenvalue weighted by atomic mass is 10.2. The summed E-state index contributed by atoms with van der Waals surface area (Å²) in [7, 11) is -4.06. The lowest BCUT2D eigenvalue weighted by molar-refractivity contribution is 0.0729. The molecule has 0 atom stereocenters. The highest BCUT2D eigenvalue weighted by Crippen LogP contribution is 2.25. The molecule has 1 saturated heterocycles. The maximum Gasteiger partial charge on any atom is 0.255 e. The summed E-state index contributed by atoms with van der Waals surface area (Å²) in [5.74, 6) is -0.267. The highest BCUT2D eigenvalue weighted by atomic mass is 32.2. The lowest BCUT2D eigenvalue weighted by Crippen LogP contribution is -2.40. The average Bonchev–Trinajstić information content (AvgIpc) is 3.16. The van der Waals surface area contributed by atoms with Crippen molar-refractivity contribution in [2.45, 2.75) is 25.3 Å². The zero-order valence-electron chi connectivity index (χ0n) is 18.7. The van der Waals surface area contributed by atoms with Gasteiger partial charge >= 0.3 is 0 Å². The number of nitrogens with one attached hydrogen (secondary N) is 1. The molecule has 0 aliphatic carbocycles. The van der Waals surface area contributed by atoms with E-state index in [1.165, 1.54) is 10.4 Å². The molecule has 9 nitrogen and oxygen atoms in total. The quantitative estimate of drug-likeness (QED) is 0.542. The Hall–Kier alpha value is -3.28. The number of aryl methyl sites for hydroxylation is 2. The molecule has 11 heteroatoms. The number of hydrogen-bond donors (Lipinski definition) is 1. The Morgan fingerprint density at radius 2 is 1.94 bits per heavy atom. The van der Waals surface area contributed by atoms with E-state index in [1.54, 1.807) is 31.2 Å². The minimum atomic E-state index is -4.06. The fourth-order valence-electron chi connectivity index (χ4n) is 3.50. The summed E-state index contributed by atoms with van der Waals surface area (Å²) >= 11 is 0. The van der Waals surface area contributed by atoms with Crippen LogP contribution in [0.2, 0.25) is 0 Å².